The van der Waals surface area contributed by atoms with E-state index in [1.165, 1.54) is 12.1 Å². The Hall–Kier alpha value is -2.97. The number of carbonyl (C=O) groups excluding carboxylic acids is 3. The van der Waals surface area contributed by atoms with Crippen molar-refractivity contribution in [3.63, 3.8) is 0 Å². The number of hydrogen-bond acceptors (Lipinski definition) is 6. The van der Waals surface area contributed by atoms with Crippen LogP contribution in [0.25, 0.3) is 0 Å². The van der Waals surface area contributed by atoms with Crippen molar-refractivity contribution in [3.05, 3.63) is 51.3 Å². The van der Waals surface area contributed by atoms with E-state index in [0.717, 1.165) is 12.1 Å². The van der Waals surface area contributed by atoms with Crippen molar-refractivity contribution >= 4 is 79.4 Å². The molecule has 172 valence electrons. The maximum absolute atomic E-state index is 12.8. The molecule has 1 aliphatic rings. The fraction of sp³-hybridized carbons (Fsp3) is 0.111. The molecule has 0 radical (unpaired) electrons. The predicted octanol–water partition coefficient (Wildman–Crippen LogP) is 4.13. The first-order valence-corrected chi connectivity index (χ1v) is 10.8. The molecule has 33 heavy (non-hydrogen) atoms. The summed E-state index contributed by atoms with van der Waals surface area (Å²) in [6.45, 7) is 0. The van der Waals surface area contributed by atoms with Crippen molar-refractivity contribution < 1.29 is 32.0 Å². The zero-order valence-electron chi connectivity index (χ0n) is 15.9. The van der Waals surface area contributed by atoms with E-state index in [9.17, 15) is 27.6 Å². The molecule has 0 spiro atoms. The number of nitrogens with one attached hydrogen (secondary N) is 3. The Bertz CT molecular complexity index is 1230. The molecule has 0 atom stereocenters. The number of amidine groups is 2. The van der Waals surface area contributed by atoms with Crippen LogP contribution < -0.4 is 10.6 Å². The Morgan fingerprint density at radius 1 is 1.30 bits per heavy atom. The highest BCUT2D eigenvalue weighted by atomic mass is 79.9. The number of alkyl halides is 3. The predicted molar refractivity (Wildman–Crippen MR) is 119 cm³/mol. The van der Waals surface area contributed by atoms with E-state index in [-0.39, 0.29) is 32.1 Å². The standard InChI is InChI=1S/C18H10BrClF3N5O4S/c19-11-4-3-10(32-11)15(30)26-13-14(24)27-17(28-16(13)31)33-6-12(29)25-9-5-7(18(21,22)23)1-2-8(9)20/h1-5H,6H2,(H,25,29)(H2,24,27,28,31). The van der Waals surface area contributed by atoms with Gasteiger partial charge in [0.1, 0.15) is 0 Å². The lowest BCUT2D eigenvalue weighted by Crippen LogP contribution is -2.43. The molecule has 2 heterocycles. The van der Waals surface area contributed by atoms with Gasteiger partial charge in [-0.25, -0.2) is 4.99 Å². The third-order valence-corrected chi connectivity index (χ3v) is 5.41. The fourth-order valence-corrected chi connectivity index (χ4v) is 3.45. The normalized spacial score (nSPS) is 15.3. The van der Waals surface area contributed by atoms with Crippen LogP contribution in [-0.4, -0.2) is 40.2 Å². The van der Waals surface area contributed by atoms with Crippen LogP contribution in [0.4, 0.5) is 18.9 Å². The first-order chi connectivity index (χ1) is 15.4. The Labute approximate surface area is 200 Å². The molecule has 3 N–H and O–H groups in total. The monoisotopic (exact) mass is 563 g/mol. The summed E-state index contributed by atoms with van der Waals surface area (Å²) < 4.78 is 43.8. The van der Waals surface area contributed by atoms with Crippen LogP contribution in [0, 0.1) is 5.41 Å². The van der Waals surface area contributed by atoms with Crippen LogP contribution in [0.15, 0.2) is 49.4 Å². The smallest absolute Gasteiger partial charge is 0.416 e. The molecular formula is C18H10BrClF3N5O4S. The third kappa shape index (κ3) is 6.30. The van der Waals surface area contributed by atoms with Gasteiger partial charge in [-0.05, 0) is 46.3 Å². The Morgan fingerprint density at radius 2 is 2.03 bits per heavy atom. The van der Waals surface area contributed by atoms with Crippen molar-refractivity contribution in [2.75, 3.05) is 11.1 Å². The molecule has 0 saturated heterocycles. The molecule has 15 heteroatoms. The number of hydrogen-bond donors (Lipinski definition) is 3. The van der Waals surface area contributed by atoms with Gasteiger partial charge in [0.05, 0.1) is 22.0 Å². The van der Waals surface area contributed by atoms with Crippen LogP contribution in [-0.2, 0) is 15.8 Å². The zero-order chi connectivity index (χ0) is 24.3. The largest absolute Gasteiger partial charge is 0.444 e. The fourth-order valence-electron chi connectivity index (χ4n) is 2.32. The Kier molecular flexibility index (Phi) is 7.39. The molecule has 9 nitrogen and oxygen atoms in total. The molecule has 1 aliphatic heterocycles. The maximum Gasteiger partial charge on any atom is 0.416 e. The molecular weight excluding hydrogens is 555 g/mol. The van der Waals surface area contributed by atoms with Crippen molar-refractivity contribution in [3.8, 4) is 0 Å². The average molecular weight is 565 g/mol. The van der Waals surface area contributed by atoms with Gasteiger partial charge >= 0.3 is 12.1 Å². The number of halogens is 5. The van der Waals surface area contributed by atoms with Crippen molar-refractivity contribution in [2.24, 2.45) is 9.98 Å². The average Bonchev–Trinajstić information content (AvgIpc) is 3.16. The number of rotatable bonds is 4. The molecule has 0 fully saturated rings. The van der Waals surface area contributed by atoms with E-state index in [1.54, 1.807) is 0 Å². The number of benzene rings is 1. The number of carbonyl (C=O) groups is 3. The summed E-state index contributed by atoms with van der Waals surface area (Å²) >= 11 is 9.56. The summed E-state index contributed by atoms with van der Waals surface area (Å²) in [6.07, 6.45) is -4.62. The van der Waals surface area contributed by atoms with Crippen molar-refractivity contribution in [2.45, 2.75) is 6.18 Å². The number of amides is 3. The molecule has 2 aromatic rings. The van der Waals surface area contributed by atoms with Crippen molar-refractivity contribution in [1.82, 2.24) is 5.32 Å². The van der Waals surface area contributed by atoms with Gasteiger partial charge in [0.15, 0.2) is 27.1 Å². The second-order valence-corrected chi connectivity index (χ2v) is 8.27. The quantitative estimate of drug-likeness (QED) is 0.513. The van der Waals surface area contributed by atoms with Crippen LogP contribution in [0.1, 0.15) is 16.1 Å². The minimum Gasteiger partial charge on any atom is -0.444 e. The van der Waals surface area contributed by atoms with E-state index in [4.69, 9.17) is 21.4 Å². The van der Waals surface area contributed by atoms with E-state index in [2.05, 4.69) is 36.5 Å². The highest BCUT2D eigenvalue weighted by molar-refractivity contribution is 9.10. The van der Waals surface area contributed by atoms with Gasteiger partial charge in [0.2, 0.25) is 5.91 Å². The minimum atomic E-state index is -4.62. The summed E-state index contributed by atoms with van der Waals surface area (Å²) in [5.74, 6) is -3.70. The Balaban J connectivity index is 1.63. The molecule has 3 amide bonds. The maximum atomic E-state index is 12.8. The summed E-state index contributed by atoms with van der Waals surface area (Å²) in [4.78, 5) is 43.7. The van der Waals surface area contributed by atoms with E-state index in [0.29, 0.717) is 17.8 Å². The minimum absolute atomic E-state index is 0.0967. The summed E-state index contributed by atoms with van der Waals surface area (Å²) in [5, 5.41) is 12.1. The SMILES string of the molecule is N=C1N=C(SCC(=O)Nc2cc(C(F)(F)F)ccc2Cl)NC(=O)C1=NC(=O)c1ccc(Br)o1. The van der Waals surface area contributed by atoms with Crippen LogP contribution in [0.3, 0.4) is 0 Å². The lowest BCUT2D eigenvalue weighted by atomic mass is 10.2. The number of aliphatic imine (C=N–C) groups is 2. The second kappa shape index (κ2) is 9.89. The van der Waals surface area contributed by atoms with Gasteiger partial charge in [0.25, 0.3) is 5.91 Å². The first kappa shape index (κ1) is 24.7. The third-order valence-electron chi connectivity index (χ3n) is 3.78. The summed E-state index contributed by atoms with van der Waals surface area (Å²) in [6, 6.07) is 5.24. The van der Waals surface area contributed by atoms with Gasteiger partial charge < -0.3 is 9.73 Å². The highest BCUT2D eigenvalue weighted by Gasteiger charge is 2.31. The van der Waals surface area contributed by atoms with Crippen LogP contribution in [0.2, 0.25) is 5.02 Å². The number of furan rings is 1. The molecule has 1 aromatic carbocycles. The van der Waals surface area contributed by atoms with Gasteiger partial charge in [-0.3, -0.25) is 25.1 Å². The lowest BCUT2D eigenvalue weighted by molar-refractivity contribution is -0.137. The van der Waals surface area contributed by atoms with Crippen LogP contribution in [0.5, 0.6) is 0 Å². The zero-order valence-corrected chi connectivity index (χ0v) is 19.1. The van der Waals surface area contributed by atoms with Gasteiger partial charge in [-0.15, -0.1) is 0 Å². The van der Waals surface area contributed by atoms with E-state index < -0.39 is 41.0 Å². The molecule has 3 rings (SSSR count). The Morgan fingerprint density at radius 3 is 2.64 bits per heavy atom. The number of nitrogens with zero attached hydrogens (tertiary/aromatic N) is 2. The highest BCUT2D eigenvalue weighted by Crippen LogP contribution is 2.33. The van der Waals surface area contributed by atoms with Gasteiger partial charge in [-0.1, -0.05) is 23.4 Å². The molecule has 1 aromatic heterocycles. The van der Waals surface area contributed by atoms with Crippen LogP contribution >= 0.6 is 39.3 Å². The first-order valence-electron chi connectivity index (χ1n) is 8.61. The molecule has 0 saturated carbocycles. The molecule has 0 unspecified atom stereocenters. The van der Waals surface area contributed by atoms with Gasteiger partial charge in [0, 0.05) is 0 Å². The topological polar surface area (TPSA) is 137 Å². The summed E-state index contributed by atoms with van der Waals surface area (Å²) in [7, 11) is 0. The lowest BCUT2D eigenvalue weighted by Gasteiger charge is -2.15. The number of thioether (sulfide) groups is 1. The van der Waals surface area contributed by atoms with E-state index >= 15 is 0 Å². The second-order valence-electron chi connectivity index (χ2n) is 6.12. The molecule has 0 bridgehead atoms. The van der Waals surface area contributed by atoms with Crippen molar-refractivity contribution in [1.29, 1.82) is 5.41 Å². The number of anilines is 1. The summed E-state index contributed by atoms with van der Waals surface area (Å²) in [5.41, 5.74) is -1.79. The molecule has 0 aliphatic carbocycles. The van der Waals surface area contributed by atoms with E-state index in [1.807, 2.05) is 0 Å². The van der Waals surface area contributed by atoms with Gasteiger partial charge in [-0.2, -0.15) is 18.2 Å².